The van der Waals surface area contributed by atoms with Crippen LogP contribution in [-0.4, -0.2) is 80.5 Å². The van der Waals surface area contributed by atoms with Crippen LogP contribution < -0.4 is 0 Å². The number of rotatable bonds is 5. The minimum Gasteiger partial charge on any atom is -0.340 e. The standard InChI is InChI=1S/C19H28FN3O3S/c1-27(25,26)23-10-7-17(8-11-23)19(24)22-14-12-21(13-15-22)9-6-16-4-2-3-5-18(16)20/h2-5,17H,6-15H2,1H3. The molecule has 0 saturated carbocycles. The number of amides is 1. The van der Waals surface area contributed by atoms with Gasteiger partial charge in [-0.1, -0.05) is 18.2 Å². The third-order valence-corrected chi connectivity index (χ3v) is 6.91. The second-order valence-corrected chi connectivity index (χ2v) is 9.43. The molecule has 0 unspecified atom stereocenters. The summed E-state index contributed by atoms with van der Waals surface area (Å²) in [7, 11) is -3.16. The maximum absolute atomic E-state index is 13.7. The van der Waals surface area contributed by atoms with Crippen LogP contribution in [0.1, 0.15) is 18.4 Å². The molecule has 0 radical (unpaired) electrons. The van der Waals surface area contributed by atoms with Crippen molar-refractivity contribution in [2.45, 2.75) is 19.3 Å². The zero-order chi connectivity index (χ0) is 19.4. The third-order valence-electron chi connectivity index (χ3n) is 5.61. The fraction of sp³-hybridized carbons (Fsp3) is 0.632. The molecule has 27 heavy (non-hydrogen) atoms. The minimum absolute atomic E-state index is 0.0760. The predicted molar refractivity (Wildman–Crippen MR) is 102 cm³/mol. The van der Waals surface area contributed by atoms with Gasteiger partial charge in [-0.05, 0) is 30.9 Å². The van der Waals surface area contributed by atoms with Crippen LogP contribution in [0.25, 0.3) is 0 Å². The fourth-order valence-electron chi connectivity index (χ4n) is 3.86. The Bertz CT molecular complexity index is 755. The van der Waals surface area contributed by atoms with Gasteiger partial charge in [0.2, 0.25) is 15.9 Å². The predicted octanol–water partition coefficient (Wildman–Crippen LogP) is 1.18. The first kappa shape index (κ1) is 20.2. The van der Waals surface area contributed by atoms with Crippen LogP contribution in [0.3, 0.4) is 0 Å². The number of carbonyl (C=O) groups is 1. The van der Waals surface area contributed by atoms with Crippen LogP contribution in [0.5, 0.6) is 0 Å². The van der Waals surface area contributed by atoms with Crippen molar-refractivity contribution >= 4 is 15.9 Å². The highest BCUT2D eigenvalue weighted by Gasteiger charge is 2.32. The number of halogens is 1. The molecule has 150 valence electrons. The van der Waals surface area contributed by atoms with Crippen LogP contribution in [-0.2, 0) is 21.2 Å². The fourth-order valence-corrected chi connectivity index (χ4v) is 4.74. The summed E-state index contributed by atoms with van der Waals surface area (Å²) in [5.74, 6) is -0.0865. The van der Waals surface area contributed by atoms with Gasteiger partial charge in [0.05, 0.1) is 6.26 Å². The Morgan fingerprint density at radius 1 is 1.07 bits per heavy atom. The van der Waals surface area contributed by atoms with E-state index in [0.29, 0.717) is 45.4 Å². The number of piperidine rings is 1. The minimum atomic E-state index is -3.16. The van der Waals surface area contributed by atoms with Crippen LogP contribution in [0, 0.1) is 11.7 Å². The zero-order valence-corrected chi connectivity index (χ0v) is 16.6. The summed E-state index contributed by atoms with van der Waals surface area (Å²) < 4.78 is 38.3. The Hall–Kier alpha value is -1.51. The van der Waals surface area contributed by atoms with Crippen molar-refractivity contribution in [3.63, 3.8) is 0 Å². The molecule has 0 aliphatic carbocycles. The number of hydrogen-bond donors (Lipinski definition) is 0. The van der Waals surface area contributed by atoms with Gasteiger partial charge in [-0.3, -0.25) is 9.69 Å². The van der Waals surface area contributed by atoms with E-state index in [4.69, 9.17) is 0 Å². The average molecular weight is 398 g/mol. The van der Waals surface area contributed by atoms with Crippen molar-refractivity contribution in [3.05, 3.63) is 35.6 Å². The van der Waals surface area contributed by atoms with Crippen molar-refractivity contribution in [2.75, 3.05) is 52.1 Å². The van der Waals surface area contributed by atoms with E-state index in [1.54, 1.807) is 6.07 Å². The van der Waals surface area contributed by atoms with E-state index >= 15 is 0 Å². The zero-order valence-electron chi connectivity index (χ0n) is 15.8. The second-order valence-electron chi connectivity index (χ2n) is 7.44. The van der Waals surface area contributed by atoms with E-state index in [0.717, 1.165) is 25.2 Å². The first-order valence-electron chi connectivity index (χ1n) is 9.54. The van der Waals surface area contributed by atoms with Crippen molar-refractivity contribution < 1.29 is 17.6 Å². The Kier molecular flexibility index (Phi) is 6.49. The molecule has 0 bridgehead atoms. The maximum atomic E-state index is 13.7. The Labute approximate surface area is 161 Å². The van der Waals surface area contributed by atoms with Gasteiger partial charge in [-0.25, -0.2) is 17.1 Å². The summed E-state index contributed by atoms with van der Waals surface area (Å²) in [4.78, 5) is 16.9. The van der Waals surface area contributed by atoms with Gasteiger partial charge < -0.3 is 4.90 Å². The largest absolute Gasteiger partial charge is 0.340 e. The molecule has 2 aliphatic heterocycles. The first-order chi connectivity index (χ1) is 12.8. The lowest BCUT2D eigenvalue weighted by molar-refractivity contribution is -0.138. The van der Waals surface area contributed by atoms with Crippen LogP contribution in [0.15, 0.2) is 24.3 Å². The molecule has 1 amide bonds. The molecule has 2 aliphatic rings. The molecule has 8 heteroatoms. The van der Waals surface area contributed by atoms with Crippen molar-refractivity contribution in [3.8, 4) is 0 Å². The molecule has 2 fully saturated rings. The summed E-state index contributed by atoms with van der Waals surface area (Å²) in [5, 5.41) is 0. The van der Waals surface area contributed by atoms with Crippen molar-refractivity contribution in [2.24, 2.45) is 5.92 Å². The number of hydrogen-bond acceptors (Lipinski definition) is 4. The molecule has 3 rings (SSSR count). The smallest absolute Gasteiger partial charge is 0.225 e. The van der Waals surface area contributed by atoms with E-state index in [1.807, 2.05) is 17.0 Å². The van der Waals surface area contributed by atoms with E-state index in [-0.39, 0.29) is 17.6 Å². The van der Waals surface area contributed by atoms with Crippen molar-refractivity contribution in [1.82, 2.24) is 14.1 Å². The molecule has 0 N–H and O–H groups in total. The topological polar surface area (TPSA) is 60.9 Å². The van der Waals surface area contributed by atoms with Gasteiger partial charge in [0, 0.05) is 51.7 Å². The Morgan fingerprint density at radius 2 is 1.70 bits per heavy atom. The van der Waals surface area contributed by atoms with Gasteiger partial charge in [0.1, 0.15) is 5.82 Å². The molecule has 0 aromatic heterocycles. The molecule has 1 aromatic rings. The number of benzene rings is 1. The number of sulfonamides is 1. The van der Waals surface area contributed by atoms with Gasteiger partial charge in [0.15, 0.2) is 0 Å². The molecule has 0 spiro atoms. The highest BCUT2D eigenvalue weighted by molar-refractivity contribution is 7.88. The monoisotopic (exact) mass is 397 g/mol. The highest BCUT2D eigenvalue weighted by Crippen LogP contribution is 2.22. The lowest BCUT2D eigenvalue weighted by atomic mass is 9.96. The van der Waals surface area contributed by atoms with Gasteiger partial charge in [-0.15, -0.1) is 0 Å². The normalized spacial score (nSPS) is 20.7. The summed E-state index contributed by atoms with van der Waals surface area (Å²) in [5.41, 5.74) is 0.730. The molecule has 1 aromatic carbocycles. The molecular weight excluding hydrogens is 369 g/mol. The van der Waals surface area contributed by atoms with Gasteiger partial charge in [-0.2, -0.15) is 0 Å². The molecular formula is C19H28FN3O3S. The summed E-state index contributed by atoms with van der Waals surface area (Å²) >= 11 is 0. The molecule has 0 atom stereocenters. The summed E-state index contributed by atoms with van der Waals surface area (Å²) in [6, 6.07) is 6.85. The number of carbonyl (C=O) groups excluding carboxylic acids is 1. The van der Waals surface area contributed by atoms with Gasteiger partial charge in [0.25, 0.3) is 0 Å². The quantitative estimate of drug-likeness (QED) is 0.749. The van der Waals surface area contributed by atoms with E-state index in [1.165, 1.54) is 16.6 Å². The summed E-state index contributed by atoms with van der Waals surface area (Å²) in [6.07, 6.45) is 3.08. The van der Waals surface area contributed by atoms with E-state index in [2.05, 4.69) is 4.90 Å². The number of nitrogens with zero attached hydrogens (tertiary/aromatic N) is 3. The van der Waals surface area contributed by atoms with Crippen molar-refractivity contribution in [1.29, 1.82) is 0 Å². The maximum Gasteiger partial charge on any atom is 0.225 e. The number of piperazine rings is 1. The second kappa shape index (κ2) is 8.67. The van der Waals surface area contributed by atoms with Crippen LogP contribution in [0.4, 0.5) is 4.39 Å². The van der Waals surface area contributed by atoms with Crippen LogP contribution >= 0.6 is 0 Å². The first-order valence-corrected chi connectivity index (χ1v) is 11.4. The average Bonchev–Trinajstić information content (AvgIpc) is 2.67. The van der Waals surface area contributed by atoms with Crippen LogP contribution in [0.2, 0.25) is 0 Å². The summed E-state index contributed by atoms with van der Waals surface area (Å²) in [6.45, 7) is 4.60. The van der Waals surface area contributed by atoms with E-state index < -0.39 is 10.0 Å². The Balaban J connectivity index is 1.42. The molecule has 6 nitrogen and oxygen atoms in total. The lowest BCUT2D eigenvalue weighted by Gasteiger charge is -2.38. The highest BCUT2D eigenvalue weighted by atomic mass is 32.2. The molecule has 2 heterocycles. The third kappa shape index (κ3) is 5.27. The molecule has 2 saturated heterocycles. The SMILES string of the molecule is CS(=O)(=O)N1CCC(C(=O)N2CCN(CCc3ccccc3F)CC2)CC1. The lowest BCUT2D eigenvalue weighted by Crippen LogP contribution is -2.52. The van der Waals surface area contributed by atoms with E-state index in [9.17, 15) is 17.6 Å². The van der Waals surface area contributed by atoms with Gasteiger partial charge >= 0.3 is 0 Å². The Morgan fingerprint density at radius 3 is 2.30 bits per heavy atom.